The van der Waals surface area contributed by atoms with Crippen LogP contribution in [0.25, 0.3) is 0 Å². The van der Waals surface area contributed by atoms with Crippen LogP contribution in [-0.4, -0.2) is 6.04 Å². The van der Waals surface area contributed by atoms with E-state index in [9.17, 15) is 0 Å². The molecule has 0 fully saturated rings. The number of fused-ring (bicyclic) bond motifs is 2. The van der Waals surface area contributed by atoms with Crippen molar-refractivity contribution in [2.24, 2.45) is 11.5 Å². The summed E-state index contributed by atoms with van der Waals surface area (Å²) in [4.78, 5) is 0. The molecule has 0 amide bonds. The van der Waals surface area contributed by atoms with Crippen molar-refractivity contribution in [3.8, 4) is 0 Å². The van der Waals surface area contributed by atoms with Crippen molar-refractivity contribution < 1.29 is 0 Å². The van der Waals surface area contributed by atoms with E-state index < -0.39 is 0 Å². The highest BCUT2D eigenvalue weighted by molar-refractivity contribution is 5.34. The van der Waals surface area contributed by atoms with Gasteiger partial charge in [-0.1, -0.05) is 48.5 Å². The Labute approximate surface area is 120 Å². The van der Waals surface area contributed by atoms with Gasteiger partial charge in [-0.05, 0) is 47.9 Å². The standard InChI is InChI=1S/2C9H11N/c10-9-5-7-3-1-2-4-8(7)6-9;10-9-6-5-7-3-1-2-4-8(7)9/h2*1-4,9H,5-6,10H2. The van der Waals surface area contributed by atoms with Crippen molar-refractivity contribution in [2.45, 2.75) is 37.8 Å². The number of nitrogens with two attached hydrogens (primary N) is 2. The molecular weight excluding hydrogens is 244 g/mol. The second-order valence-corrected chi connectivity index (χ2v) is 5.78. The molecule has 104 valence electrons. The normalized spacial score (nSPS) is 20.0. The third kappa shape index (κ3) is 2.77. The molecule has 0 saturated heterocycles. The van der Waals surface area contributed by atoms with Gasteiger partial charge in [0.15, 0.2) is 0 Å². The summed E-state index contributed by atoms with van der Waals surface area (Å²) < 4.78 is 0. The molecule has 2 aliphatic rings. The van der Waals surface area contributed by atoms with Crippen LogP contribution < -0.4 is 11.5 Å². The maximum absolute atomic E-state index is 5.85. The van der Waals surface area contributed by atoms with Crippen LogP contribution in [0.3, 0.4) is 0 Å². The van der Waals surface area contributed by atoms with Gasteiger partial charge in [0.2, 0.25) is 0 Å². The second-order valence-electron chi connectivity index (χ2n) is 5.78. The summed E-state index contributed by atoms with van der Waals surface area (Å²) in [7, 11) is 0. The van der Waals surface area contributed by atoms with E-state index in [0.717, 1.165) is 25.7 Å². The van der Waals surface area contributed by atoms with E-state index in [0.29, 0.717) is 12.1 Å². The number of rotatable bonds is 0. The summed E-state index contributed by atoms with van der Waals surface area (Å²) >= 11 is 0. The molecule has 0 saturated carbocycles. The minimum absolute atomic E-state index is 0.302. The molecule has 4 rings (SSSR count). The van der Waals surface area contributed by atoms with Gasteiger partial charge in [0.05, 0.1) is 0 Å². The smallest absolute Gasteiger partial charge is 0.0300 e. The lowest BCUT2D eigenvalue weighted by Gasteiger charge is -2.01. The number of aryl methyl sites for hydroxylation is 1. The molecule has 0 radical (unpaired) electrons. The molecule has 4 N–H and O–H groups in total. The van der Waals surface area contributed by atoms with Gasteiger partial charge in [-0.15, -0.1) is 0 Å². The molecule has 0 bridgehead atoms. The number of hydrogen-bond donors (Lipinski definition) is 2. The van der Waals surface area contributed by atoms with Crippen LogP contribution in [0, 0.1) is 0 Å². The van der Waals surface area contributed by atoms with Crippen molar-refractivity contribution >= 4 is 0 Å². The van der Waals surface area contributed by atoms with Gasteiger partial charge in [0, 0.05) is 12.1 Å². The first-order valence-electron chi connectivity index (χ1n) is 7.40. The molecule has 1 unspecified atom stereocenters. The minimum atomic E-state index is 0.302. The Morgan fingerprint density at radius 1 is 0.750 bits per heavy atom. The fourth-order valence-electron chi connectivity index (χ4n) is 3.18. The molecule has 2 aromatic carbocycles. The highest BCUT2D eigenvalue weighted by Gasteiger charge is 2.17. The first-order valence-corrected chi connectivity index (χ1v) is 7.40. The van der Waals surface area contributed by atoms with Crippen LogP contribution in [0.1, 0.15) is 34.7 Å². The van der Waals surface area contributed by atoms with Gasteiger partial charge in [-0.25, -0.2) is 0 Å². The maximum Gasteiger partial charge on any atom is 0.0300 e. The van der Waals surface area contributed by atoms with Crippen molar-refractivity contribution in [2.75, 3.05) is 0 Å². The van der Waals surface area contributed by atoms with E-state index in [1.165, 1.54) is 22.3 Å². The summed E-state index contributed by atoms with van der Waals surface area (Å²) in [5.74, 6) is 0. The predicted octanol–water partition coefficient (Wildman–Crippen LogP) is 2.75. The third-order valence-electron chi connectivity index (χ3n) is 4.26. The SMILES string of the molecule is NC1CCc2ccccc21.NC1Cc2ccccc2C1. The van der Waals surface area contributed by atoms with Crippen LogP contribution in [0.5, 0.6) is 0 Å². The van der Waals surface area contributed by atoms with E-state index in [2.05, 4.69) is 48.5 Å². The minimum Gasteiger partial charge on any atom is -0.327 e. The van der Waals surface area contributed by atoms with Gasteiger partial charge in [-0.2, -0.15) is 0 Å². The number of benzene rings is 2. The van der Waals surface area contributed by atoms with Crippen LogP contribution in [0.15, 0.2) is 48.5 Å². The lowest BCUT2D eigenvalue weighted by molar-refractivity contribution is 0.713. The Kier molecular flexibility index (Phi) is 3.86. The first kappa shape index (κ1) is 13.3. The van der Waals surface area contributed by atoms with Gasteiger partial charge in [0.1, 0.15) is 0 Å². The van der Waals surface area contributed by atoms with Gasteiger partial charge >= 0.3 is 0 Å². The molecule has 0 spiro atoms. The molecule has 2 nitrogen and oxygen atoms in total. The first-order chi connectivity index (χ1) is 9.74. The van der Waals surface area contributed by atoms with E-state index in [-0.39, 0.29) is 0 Å². The molecule has 2 aromatic rings. The topological polar surface area (TPSA) is 52.0 Å². The van der Waals surface area contributed by atoms with Crippen LogP contribution in [0.4, 0.5) is 0 Å². The summed E-state index contributed by atoms with van der Waals surface area (Å²) in [6, 6.07) is 17.6. The van der Waals surface area contributed by atoms with Gasteiger partial charge in [0.25, 0.3) is 0 Å². The molecule has 0 aliphatic heterocycles. The average molecular weight is 266 g/mol. The fourth-order valence-corrected chi connectivity index (χ4v) is 3.18. The summed E-state index contributed by atoms with van der Waals surface area (Å²) in [6.07, 6.45) is 4.42. The lowest BCUT2D eigenvalue weighted by Crippen LogP contribution is -2.18. The fraction of sp³-hybridized carbons (Fsp3) is 0.333. The Morgan fingerprint density at radius 2 is 1.30 bits per heavy atom. The zero-order valence-corrected chi connectivity index (χ0v) is 11.8. The average Bonchev–Trinajstić information content (AvgIpc) is 3.02. The molecule has 0 aromatic heterocycles. The zero-order chi connectivity index (χ0) is 13.9. The number of hydrogen-bond acceptors (Lipinski definition) is 2. The largest absolute Gasteiger partial charge is 0.327 e. The van der Waals surface area contributed by atoms with Crippen molar-refractivity contribution in [3.63, 3.8) is 0 Å². The predicted molar refractivity (Wildman–Crippen MR) is 83.5 cm³/mol. The molecular formula is C18H22N2. The molecule has 1 atom stereocenters. The molecule has 20 heavy (non-hydrogen) atoms. The summed E-state index contributed by atoms with van der Waals surface area (Å²) in [5, 5.41) is 0. The lowest BCUT2D eigenvalue weighted by atomic mass is 10.1. The quantitative estimate of drug-likeness (QED) is 0.770. The van der Waals surface area contributed by atoms with Gasteiger partial charge in [-0.3, -0.25) is 0 Å². The maximum atomic E-state index is 5.85. The van der Waals surface area contributed by atoms with Crippen LogP contribution >= 0.6 is 0 Å². The highest BCUT2D eigenvalue weighted by atomic mass is 14.6. The second kappa shape index (κ2) is 5.78. The van der Waals surface area contributed by atoms with Crippen molar-refractivity contribution in [3.05, 3.63) is 70.8 Å². The van der Waals surface area contributed by atoms with Crippen LogP contribution in [0.2, 0.25) is 0 Å². The van der Waals surface area contributed by atoms with E-state index in [1.54, 1.807) is 0 Å². The van der Waals surface area contributed by atoms with Crippen molar-refractivity contribution in [1.82, 2.24) is 0 Å². The Balaban J connectivity index is 0.000000121. The Hall–Kier alpha value is -1.64. The third-order valence-corrected chi connectivity index (χ3v) is 4.26. The zero-order valence-electron chi connectivity index (χ0n) is 11.8. The van der Waals surface area contributed by atoms with Crippen molar-refractivity contribution in [1.29, 1.82) is 0 Å². The van der Waals surface area contributed by atoms with E-state index >= 15 is 0 Å². The Bertz CT molecular complexity index is 566. The van der Waals surface area contributed by atoms with E-state index in [4.69, 9.17) is 11.5 Å². The Morgan fingerprint density at radius 3 is 1.90 bits per heavy atom. The molecule has 0 heterocycles. The highest BCUT2D eigenvalue weighted by Crippen LogP contribution is 2.28. The van der Waals surface area contributed by atoms with E-state index in [1.807, 2.05) is 0 Å². The summed E-state index contributed by atoms with van der Waals surface area (Å²) in [5.41, 5.74) is 17.3. The molecule has 2 heteroatoms. The molecule has 2 aliphatic carbocycles. The van der Waals surface area contributed by atoms with Crippen LogP contribution in [-0.2, 0) is 19.3 Å². The summed E-state index contributed by atoms with van der Waals surface area (Å²) in [6.45, 7) is 0. The monoisotopic (exact) mass is 266 g/mol. The van der Waals surface area contributed by atoms with Gasteiger partial charge < -0.3 is 11.5 Å².